The number of nitrogen functional groups attached to an aromatic ring is 1. The number of para-hydroxylation sites is 1. The summed E-state index contributed by atoms with van der Waals surface area (Å²) in [5.41, 5.74) is 5.13. The molecule has 3 heterocycles. The molecule has 4 N–H and O–H groups in total. The topological polar surface area (TPSA) is 183 Å². The van der Waals surface area contributed by atoms with Crippen LogP contribution in [0.3, 0.4) is 0 Å². The maximum atomic E-state index is 14.0. The largest absolute Gasteiger partial charge is 0.465 e. The van der Waals surface area contributed by atoms with Crippen molar-refractivity contribution in [1.29, 1.82) is 5.26 Å². The van der Waals surface area contributed by atoms with E-state index in [1.807, 2.05) is 0 Å². The first kappa shape index (κ1) is 29.5. The maximum absolute atomic E-state index is 14.0. The number of fused-ring (bicyclic) bond motifs is 1. The van der Waals surface area contributed by atoms with E-state index in [0.717, 1.165) is 0 Å². The number of nitrogens with zero attached hydrogens (tertiary/aromatic N) is 4. The number of hydrogen-bond acceptors (Lipinski definition) is 11. The first-order valence-electron chi connectivity index (χ1n) is 12.8. The number of nitrogens with one attached hydrogen (secondary N) is 1. The molecule has 13 nitrogen and oxygen atoms in total. The van der Waals surface area contributed by atoms with Gasteiger partial charge in [-0.15, -0.1) is 0 Å². The lowest BCUT2D eigenvalue weighted by Gasteiger charge is -2.28. The van der Waals surface area contributed by atoms with E-state index in [9.17, 15) is 19.7 Å². The van der Waals surface area contributed by atoms with Gasteiger partial charge in [0, 0.05) is 5.92 Å². The number of nitriles is 1. The Hall–Kier alpha value is -3.53. The van der Waals surface area contributed by atoms with E-state index in [2.05, 4.69) is 21.2 Å². The summed E-state index contributed by atoms with van der Waals surface area (Å²) in [7, 11) is -4.25. The highest BCUT2D eigenvalue weighted by Gasteiger charge is 2.56. The molecule has 0 saturated carbocycles. The number of carbonyl (C=O) groups excluding carboxylic acids is 1. The number of carbonyl (C=O) groups is 1. The Morgan fingerprint density at radius 1 is 1.32 bits per heavy atom. The Labute approximate surface area is 231 Å². The molecule has 0 amide bonds. The Balaban J connectivity index is 1.61. The van der Waals surface area contributed by atoms with Gasteiger partial charge in [0.05, 0.1) is 25.0 Å². The molecular formula is C26H33N6O7P. The minimum Gasteiger partial charge on any atom is -0.465 e. The highest BCUT2D eigenvalue weighted by molar-refractivity contribution is 7.52. The molecule has 0 radical (unpaired) electrons. The van der Waals surface area contributed by atoms with Crippen molar-refractivity contribution in [3.8, 4) is 11.8 Å². The molecule has 0 spiro atoms. The second-order valence-electron chi connectivity index (χ2n) is 9.74. The molecule has 6 atom stereocenters. The van der Waals surface area contributed by atoms with Crippen LogP contribution in [0.2, 0.25) is 0 Å². The summed E-state index contributed by atoms with van der Waals surface area (Å²) in [6, 6.07) is 12.8. The van der Waals surface area contributed by atoms with Crippen molar-refractivity contribution in [3.05, 3.63) is 54.5 Å². The van der Waals surface area contributed by atoms with E-state index in [0.29, 0.717) is 11.2 Å². The lowest BCUT2D eigenvalue weighted by molar-refractivity contribution is -0.146. The Bertz CT molecular complexity index is 1430. The van der Waals surface area contributed by atoms with Crippen LogP contribution in [0.15, 0.2) is 48.8 Å². The van der Waals surface area contributed by atoms with Crippen LogP contribution in [-0.2, 0) is 29.0 Å². The number of hydrogen-bond donors (Lipinski definition) is 3. The van der Waals surface area contributed by atoms with Crippen LogP contribution in [0, 0.1) is 23.2 Å². The minimum atomic E-state index is -4.25. The van der Waals surface area contributed by atoms with Crippen molar-refractivity contribution in [2.45, 2.75) is 51.5 Å². The molecule has 2 aromatic heterocycles. The van der Waals surface area contributed by atoms with Crippen LogP contribution in [0.25, 0.3) is 5.52 Å². The highest BCUT2D eigenvalue weighted by atomic mass is 31.2. The third-order valence-electron chi connectivity index (χ3n) is 6.78. The molecule has 1 saturated heterocycles. The number of rotatable bonds is 11. The lowest BCUT2D eigenvalue weighted by atomic mass is 9.85. The zero-order valence-electron chi connectivity index (χ0n) is 22.6. The van der Waals surface area contributed by atoms with Gasteiger partial charge < -0.3 is 24.8 Å². The fraction of sp³-hybridized carbons (Fsp3) is 0.462. The Morgan fingerprint density at radius 2 is 2.05 bits per heavy atom. The molecule has 1 aromatic carbocycles. The van der Waals surface area contributed by atoms with Crippen molar-refractivity contribution in [2.24, 2.45) is 11.8 Å². The summed E-state index contributed by atoms with van der Waals surface area (Å²) in [6.45, 7) is 6.54. The molecule has 1 aliphatic heterocycles. The quantitative estimate of drug-likeness (QED) is 0.226. The first-order chi connectivity index (χ1) is 19.0. The summed E-state index contributed by atoms with van der Waals surface area (Å²) in [6.07, 6.45) is -1.03. The van der Waals surface area contributed by atoms with E-state index >= 15 is 0 Å². The number of aliphatic hydroxyl groups is 1. The van der Waals surface area contributed by atoms with Crippen molar-refractivity contribution in [3.63, 3.8) is 0 Å². The maximum Gasteiger partial charge on any atom is 0.459 e. The van der Waals surface area contributed by atoms with E-state index in [1.54, 1.807) is 70.2 Å². The van der Waals surface area contributed by atoms with Gasteiger partial charge in [0.1, 0.15) is 35.8 Å². The van der Waals surface area contributed by atoms with Crippen molar-refractivity contribution < 1.29 is 33.0 Å². The van der Waals surface area contributed by atoms with Gasteiger partial charge in [-0.05, 0) is 37.1 Å². The van der Waals surface area contributed by atoms with Crippen molar-refractivity contribution in [2.75, 3.05) is 18.9 Å². The predicted octanol–water partition coefficient (Wildman–Crippen LogP) is 2.81. The van der Waals surface area contributed by atoms with Crippen LogP contribution in [-0.4, -0.2) is 57.1 Å². The smallest absolute Gasteiger partial charge is 0.459 e. The number of aliphatic hydroxyl groups excluding tert-OH is 1. The molecule has 214 valence electrons. The van der Waals surface area contributed by atoms with E-state index in [4.69, 9.17) is 24.3 Å². The number of ether oxygens (including phenoxy) is 2. The van der Waals surface area contributed by atoms with Gasteiger partial charge in [0.2, 0.25) is 5.60 Å². The second kappa shape index (κ2) is 11.9. The molecule has 40 heavy (non-hydrogen) atoms. The van der Waals surface area contributed by atoms with Gasteiger partial charge >= 0.3 is 13.7 Å². The third-order valence-corrected chi connectivity index (χ3v) is 8.32. The molecule has 3 aromatic rings. The van der Waals surface area contributed by atoms with Crippen molar-refractivity contribution >= 4 is 25.1 Å². The van der Waals surface area contributed by atoms with Gasteiger partial charge in [-0.2, -0.15) is 15.4 Å². The fourth-order valence-corrected chi connectivity index (χ4v) is 6.25. The predicted molar refractivity (Wildman–Crippen MR) is 144 cm³/mol. The average molecular weight is 573 g/mol. The van der Waals surface area contributed by atoms with Gasteiger partial charge in [-0.1, -0.05) is 39.0 Å². The molecule has 1 fully saturated rings. The summed E-state index contributed by atoms with van der Waals surface area (Å²) < 4.78 is 38.3. The standard InChI is InChI=1S/C26H33N6O7P/c1-5-36-25(34)22(16(2)3)31-40(35,39-18-9-7-6-8-10-18)37-13-20-23(33)17(4)26(14-27,38-20)21-12-11-19-24(28)29-15-30-32(19)21/h6-12,15-17,20,22-23,33H,5,13H2,1-4H3,(H,31,35)(H2,28,29,30)/t17-,20-,22+,23+,26-,40?/m1/s1. The minimum absolute atomic E-state index is 0.135. The summed E-state index contributed by atoms with van der Waals surface area (Å²) in [5.74, 6) is -1.24. The molecule has 1 unspecified atom stereocenters. The van der Waals surface area contributed by atoms with E-state index in [1.165, 1.54) is 10.8 Å². The summed E-state index contributed by atoms with van der Waals surface area (Å²) in [5, 5.41) is 28.3. The van der Waals surface area contributed by atoms with Crippen LogP contribution >= 0.6 is 7.75 Å². The van der Waals surface area contributed by atoms with E-state index in [-0.39, 0.29) is 24.1 Å². The number of nitrogens with two attached hydrogens (primary N) is 1. The average Bonchev–Trinajstić information content (AvgIpc) is 3.47. The molecule has 0 aliphatic carbocycles. The molecule has 0 bridgehead atoms. The normalized spacial score (nSPS) is 24.9. The Morgan fingerprint density at radius 3 is 2.70 bits per heavy atom. The van der Waals surface area contributed by atoms with Crippen LogP contribution in [0.1, 0.15) is 33.4 Å². The van der Waals surface area contributed by atoms with Crippen molar-refractivity contribution in [1.82, 2.24) is 19.7 Å². The van der Waals surface area contributed by atoms with Crippen LogP contribution in [0.4, 0.5) is 5.82 Å². The van der Waals surface area contributed by atoms with Crippen LogP contribution in [0.5, 0.6) is 5.75 Å². The van der Waals surface area contributed by atoms with Gasteiger partial charge in [-0.25, -0.2) is 14.1 Å². The van der Waals surface area contributed by atoms with E-state index < -0.39 is 50.1 Å². The Kier molecular flexibility index (Phi) is 8.77. The zero-order valence-corrected chi connectivity index (χ0v) is 23.5. The molecule has 14 heteroatoms. The van der Waals surface area contributed by atoms with Gasteiger partial charge in [-0.3, -0.25) is 9.32 Å². The monoisotopic (exact) mass is 572 g/mol. The number of anilines is 1. The zero-order chi connectivity index (χ0) is 29.1. The summed E-state index contributed by atoms with van der Waals surface area (Å²) in [4.78, 5) is 16.6. The fourth-order valence-electron chi connectivity index (χ4n) is 4.58. The summed E-state index contributed by atoms with van der Waals surface area (Å²) >= 11 is 0. The number of esters is 1. The van der Waals surface area contributed by atoms with Gasteiger partial charge in [0.15, 0.2) is 5.82 Å². The third kappa shape index (κ3) is 5.68. The molecular weight excluding hydrogens is 539 g/mol. The SMILES string of the molecule is CCOC(=O)[C@@H](NP(=O)(OC[C@H]1O[C@@](C#N)(c2ccc3c(N)ncnn23)[C@H](C)[C@@H]1O)Oc1ccccc1)C(C)C. The second-order valence-corrected chi connectivity index (χ2v) is 11.4. The molecule has 4 rings (SSSR count). The van der Waals surface area contributed by atoms with Gasteiger partial charge in [0.25, 0.3) is 0 Å². The lowest BCUT2D eigenvalue weighted by Crippen LogP contribution is -2.42. The highest BCUT2D eigenvalue weighted by Crippen LogP contribution is 2.49. The first-order valence-corrected chi connectivity index (χ1v) is 14.4. The molecule has 1 aliphatic rings. The van der Waals surface area contributed by atoms with Crippen LogP contribution < -0.4 is 15.3 Å². The number of benzene rings is 1. The number of aromatic nitrogens is 3.